The Balaban J connectivity index is 2.27. The molecule has 2 nitrogen and oxygen atoms in total. The molecule has 0 saturated heterocycles. The lowest BCUT2D eigenvalue weighted by Crippen LogP contribution is -2.24. The van der Waals surface area contributed by atoms with Gasteiger partial charge in [0.15, 0.2) is 0 Å². The maximum absolute atomic E-state index is 6.17. The lowest BCUT2D eigenvalue weighted by Gasteiger charge is -2.21. The first-order chi connectivity index (χ1) is 9.24. The summed E-state index contributed by atoms with van der Waals surface area (Å²) in [6, 6.07) is 12.6. The van der Waals surface area contributed by atoms with Gasteiger partial charge in [0.2, 0.25) is 0 Å². The maximum atomic E-state index is 6.17. The number of hydrogen-bond acceptors (Lipinski definition) is 2. The number of rotatable bonds is 6. The van der Waals surface area contributed by atoms with E-state index in [0.29, 0.717) is 0 Å². The molecule has 19 heavy (non-hydrogen) atoms. The van der Waals surface area contributed by atoms with Crippen LogP contribution in [0.4, 0.5) is 5.69 Å². The Bertz CT molecular complexity index is 560. The normalized spacial score (nSPS) is 11.1. The van der Waals surface area contributed by atoms with Crippen LogP contribution >= 0.6 is 0 Å². The lowest BCUT2D eigenvalue weighted by atomic mass is 10.0. The highest BCUT2D eigenvalue weighted by Gasteiger charge is 2.07. The Labute approximate surface area is 115 Å². The van der Waals surface area contributed by atoms with Crippen LogP contribution in [0.5, 0.6) is 0 Å². The Hall–Kier alpha value is -1.80. The van der Waals surface area contributed by atoms with Gasteiger partial charge in [0.05, 0.1) is 0 Å². The summed E-state index contributed by atoms with van der Waals surface area (Å²) in [5.74, 6) is 0. The number of nitrogen functional groups attached to an aromatic ring is 1. The third-order valence-corrected chi connectivity index (χ3v) is 3.33. The molecule has 0 aliphatic carbocycles. The molecular weight excluding hydrogens is 232 g/mol. The summed E-state index contributed by atoms with van der Waals surface area (Å²) in [6.07, 6.45) is 3.09. The van der Waals surface area contributed by atoms with E-state index in [9.17, 15) is 0 Å². The van der Waals surface area contributed by atoms with E-state index >= 15 is 0 Å². The zero-order chi connectivity index (χ0) is 13.7. The predicted octanol–water partition coefficient (Wildman–Crippen LogP) is 3.82. The van der Waals surface area contributed by atoms with Crippen molar-refractivity contribution in [3.63, 3.8) is 0 Å². The second kappa shape index (κ2) is 6.39. The molecule has 100 valence electrons. The van der Waals surface area contributed by atoms with Gasteiger partial charge >= 0.3 is 0 Å². The van der Waals surface area contributed by atoms with E-state index < -0.39 is 0 Å². The van der Waals surface area contributed by atoms with Crippen molar-refractivity contribution >= 4 is 16.5 Å². The van der Waals surface area contributed by atoms with Crippen LogP contribution in [0.3, 0.4) is 0 Å². The van der Waals surface area contributed by atoms with E-state index in [1.165, 1.54) is 16.3 Å². The fourth-order valence-corrected chi connectivity index (χ4v) is 2.42. The molecule has 2 aromatic rings. The molecule has 0 bridgehead atoms. The second-order valence-corrected chi connectivity index (χ2v) is 4.92. The molecule has 2 aromatic carbocycles. The highest BCUT2D eigenvalue weighted by Crippen LogP contribution is 2.23. The van der Waals surface area contributed by atoms with E-state index in [4.69, 9.17) is 5.73 Å². The second-order valence-electron chi connectivity index (χ2n) is 4.92. The Morgan fingerprint density at radius 1 is 1.21 bits per heavy atom. The molecule has 0 unspecified atom stereocenters. The zero-order valence-corrected chi connectivity index (χ0v) is 11.6. The summed E-state index contributed by atoms with van der Waals surface area (Å²) in [5, 5.41) is 2.45. The number of fused-ring (bicyclic) bond motifs is 1. The quantitative estimate of drug-likeness (QED) is 0.627. The highest BCUT2D eigenvalue weighted by molar-refractivity contribution is 5.86. The summed E-state index contributed by atoms with van der Waals surface area (Å²) in [4.78, 5) is 2.37. The molecule has 0 amide bonds. The van der Waals surface area contributed by atoms with Crippen LogP contribution < -0.4 is 5.73 Å². The summed E-state index contributed by atoms with van der Waals surface area (Å²) in [5.41, 5.74) is 8.26. The van der Waals surface area contributed by atoms with Crippen molar-refractivity contribution in [3.8, 4) is 0 Å². The molecule has 2 rings (SSSR count). The van der Waals surface area contributed by atoms with Crippen LogP contribution in [0.25, 0.3) is 10.8 Å². The Kier molecular flexibility index (Phi) is 4.58. The highest BCUT2D eigenvalue weighted by atomic mass is 15.1. The summed E-state index contributed by atoms with van der Waals surface area (Å²) in [6.45, 7) is 8.87. The van der Waals surface area contributed by atoms with Crippen molar-refractivity contribution in [2.24, 2.45) is 0 Å². The van der Waals surface area contributed by atoms with E-state index in [1.54, 1.807) is 0 Å². The summed E-state index contributed by atoms with van der Waals surface area (Å²) in [7, 11) is 0. The molecule has 0 saturated carbocycles. The average Bonchev–Trinajstić information content (AvgIpc) is 2.40. The first kappa shape index (κ1) is 13.6. The molecule has 0 radical (unpaired) electrons. The van der Waals surface area contributed by atoms with E-state index in [-0.39, 0.29) is 0 Å². The molecule has 0 aliphatic rings. The number of nitrogens with zero attached hydrogens (tertiary/aromatic N) is 1. The number of nitrogens with two attached hydrogens (primary N) is 1. The van der Waals surface area contributed by atoms with Crippen molar-refractivity contribution in [2.45, 2.75) is 19.9 Å². The van der Waals surface area contributed by atoms with Crippen molar-refractivity contribution in [3.05, 3.63) is 54.6 Å². The van der Waals surface area contributed by atoms with Crippen LogP contribution in [0.15, 0.2) is 49.1 Å². The monoisotopic (exact) mass is 254 g/mol. The van der Waals surface area contributed by atoms with Crippen LogP contribution in [-0.2, 0) is 6.54 Å². The third kappa shape index (κ3) is 3.36. The maximum Gasteiger partial charge on any atom is 0.0366 e. The summed E-state index contributed by atoms with van der Waals surface area (Å²) < 4.78 is 0. The fraction of sp³-hybridized carbons (Fsp3) is 0.294. The largest absolute Gasteiger partial charge is 0.398 e. The molecule has 0 heterocycles. The van der Waals surface area contributed by atoms with Gasteiger partial charge in [-0.2, -0.15) is 0 Å². The number of hydrogen-bond donors (Lipinski definition) is 1. The number of anilines is 1. The minimum absolute atomic E-state index is 0.879. The van der Waals surface area contributed by atoms with Crippen LogP contribution in [0.2, 0.25) is 0 Å². The first-order valence-electron chi connectivity index (χ1n) is 6.85. The van der Waals surface area contributed by atoms with E-state index in [1.807, 2.05) is 12.1 Å². The zero-order valence-electron chi connectivity index (χ0n) is 11.6. The van der Waals surface area contributed by atoms with Gasteiger partial charge in [-0.1, -0.05) is 37.3 Å². The van der Waals surface area contributed by atoms with Gasteiger partial charge in [-0.25, -0.2) is 0 Å². The third-order valence-electron chi connectivity index (χ3n) is 3.33. The van der Waals surface area contributed by atoms with Crippen molar-refractivity contribution in [1.82, 2.24) is 4.90 Å². The minimum Gasteiger partial charge on any atom is -0.398 e. The van der Waals surface area contributed by atoms with Gasteiger partial charge in [-0.15, -0.1) is 6.58 Å². The average molecular weight is 254 g/mol. The van der Waals surface area contributed by atoms with Crippen molar-refractivity contribution in [2.75, 3.05) is 18.8 Å². The van der Waals surface area contributed by atoms with E-state index in [2.05, 4.69) is 48.7 Å². The van der Waals surface area contributed by atoms with Gasteiger partial charge in [0.1, 0.15) is 0 Å². The smallest absolute Gasteiger partial charge is 0.0366 e. The van der Waals surface area contributed by atoms with Gasteiger partial charge in [0, 0.05) is 18.8 Å². The van der Waals surface area contributed by atoms with Gasteiger partial charge in [-0.3, -0.25) is 4.90 Å². The standard InChI is InChI=1S/C17H22N2/c1-3-9-19(10-4-2)13-16-11-14-7-5-6-8-15(14)12-17(16)18/h3,5-8,11-12H,1,4,9-10,13,18H2,2H3. The van der Waals surface area contributed by atoms with E-state index in [0.717, 1.165) is 31.7 Å². The molecule has 0 atom stereocenters. The SMILES string of the molecule is C=CCN(CCC)Cc1cc2ccccc2cc1N. The van der Waals surface area contributed by atoms with Crippen LogP contribution in [-0.4, -0.2) is 18.0 Å². The van der Waals surface area contributed by atoms with Crippen LogP contribution in [0, 0.1) is 0 Å². The Morgan fingerprint density at radius 2 is 1.89 bits per heavy atom. The van der Waals surface area contributed by atoms with Gasteiger partial charge in [-0.05, 0) is 41.4 Å². The summed E-state index contributed by atoms with van der Waals surface area (Å²) >= 11 is 0. The van der Waals surface area contributed by atoms with Crippen molar-refractivity contribution < 1.29 is 0 Å². The first-order valence-corrected chi connectivity index (χ1v) is 6.85. The topological polar surface area (TPSA) is 29.3 Å². The molecule has 0 aromatic heterocycles. The molecule has 0 aliphatic heterocycles. The van der Waals surface area contributed by atoms with Crippen molar-refractivity contribution in [1.29, 1.82) is 0 Å². The number of benzene rings is 2. The van der Waals surface area contributed by atoms with Crippen LogP contribution in [0.1, 0.15) is 18.9 Å². The minimum atomic E-state index is 0.879. The predicted molar refractivity (Wildman–Crippen MR) is 84.1 cm³/mol. The molecular formula is C17H22N2. The molecule has 0 fully saturated rings. The molecule has 0 spiro atoms. The Morgan fingerprint density at radius 3 is 2.53 bits per heavy atom. The fourth-order valence-electron chi connectivity index (χ4n) is 2.42. The molecule has 2 N–H and O–H groups in total. The van der Waals surface area contributed by atoms with Gasteiger partial charge < -0.3 is 5.73 Å². The lowest BCUT2D eigenvalue weighted by molar-refractivity contribution is 0.296. The van der Waals surface area contributed by atoms with Gasteiger partial charge in [0.25, 0.3) is 0 Å². The molecule has 2 heteroatoms.